The van der Waals surface area contributed by atoms with Crippen LogP contribution in [0, 0.1) is 0 Å². The maximum atomic E-state index is 11.5. The first-order valence-corrected chi connectivity index (χ1v) is 5.78. The van der Waals surface area contributed by atoms with Crippen molar-refractivity contribution in [3.05, 3.63) is 0 Å². The highest BCUT2D eigenvalue weighted by Gasteiger charge is 2.16. The lowest BCUT2D eigenvalue weighted by Crippen LogP contribution is -2.41. The van der Waals surface area contributed by atoms with E-state index in [1.54, 1.807) is 0 Å². The SMILES string of the molecule is CCCCOC(=O)N(CCCC)C(N)=S. The third-order valence-electron chi connectivity index (χ3n) is 1.95. The molecule has 0 rings (SSSR count). The average molecular weight is 232 g/mol. The molecule has 0 aromatic heterocycles. The smallest absolute Gasteiger partial charge is 0.416 e. The molecule has 88 valence electrons. The van der Waals surface area contributed by atoms with Gasteiger partial charge in [-0.15, -0.1) is 0 Å². The van der Waals surface area contributed by atoms with Crippen molar-refractivity contribution in [1.82, 2.24) is 4.90 Å². The van der Waals surface area contributed by atoms with E-state index in [1.165, 1.54) is 4.90 Å². The molecule has 15 heavy (non-hydrogen) atoms. The van der Waals surface area contributed by atoms with Gasteiger partial charge in [-0.25, -0.2) is 4.79 Å². The molecule has 1 amide bonds. The Hall–Kier alpha value is -0.840. The Balaban J connectivity index is 3.99. The Kier molecular flexibility index (Phi) is 7.99. The average Bonchev–Trinajstić information content (AvgIpc) is 2.18. The molecule has 4 nitrogen and oxygen atoms in total. The second-order valence-corrected chi connectivity index (χ2v) is 3.73. The van der Waals surface area contributed by atoms with E-state index < -0.39 is 6.09 Å². The molecule has 0 saturated heterocycles. The van der Waals surface area contributed by atoms with Gasteiger partial charge in [0.1, 0.15) is 0 Å². The summed E-state index contributed by atoms with van der Waals surface area (Å²) in [7, 11) is 0. The molecule has 0 aromatic carbocycles. The van der Waals surface area contributed by atoms with Gasteiger partial charge in [0.25, 0.3) is 0 Å². The predicted octanol–water partition coefficient (Wildman–Crippen LogP) is 2.27. The van der Waals surface area contributed by atoms with Crippen LogP contribution >= 0.6 is 12.2 Å². The molecule has 0 bridgehead atoms. The first-order valence-electron chi connectivity index (χ1n) is 5.37. The van der Waals surface area contributed by atoms with Crippen LogP contribution in [0.5, 0.6) is 0 Å². The molecule has 0 aliphatic rings. The van der Waals surface area contributed by atoms with Gasteiger partial charge in [-0.1, -0.05) is 26.7 Å². The van der Waals surface area contributed by atoms with Gasteiger partial charge in [-0.2, -0.15) is 0 Å². The summed E-state index contributed by atoms with van der Waals surface area (Å²) in [5.41, 5.74) is 5.44. The van der Waals surface area contributed by atoms with Gasteiger partial charge in [0.2, 0.25) is 0 Å². The number of ether oxygens (including phenoxy) is 1. The number of unbranched alkanes of at least 4 members (excludes halogenated alkanes) is 2. The molecule has 0 atom stereocenters. The van der Waals surface area contributed by atoms with Gasteiger partial charge in [0.05, 0.1) is 6.61 Å². The number of carbonyl (C=O) groups is 1. The summed E-state index contributed by atoms with van der Waals surface area (Å²) < 4.78 is 5.02. The second-order valence-electron chi connectivity index (χ2n) is 3.31. The second kappa shape index (κ2) is 8.47. The van der Waals surface area contributed by atoms with Gasteiger partial charge < -0.3 is 10.5 Å². The Labute approximate surface area is 96.8 Å². The van der Waals surface area contributed by atoms with E-state index in [2.05, 4.69) is 0 Å². The first kappa shape index (κ1) is 14.2. The third kappa shape index (κ3) is 6.28. The molecule has 0 aromatic rings. The van der Waals surface area contributed by atoms with Gasteiger partial charge in [0, 0.05) is 6.54 Å². The number of thiocarbonyl (C=S) groups is 1. The molecule has 0 saturated carbocycles. The summed E-state index contributed by atoms with van der Waals surface area (Å²) in [6, 6.07) is 0. The maximum Gasteiger partial charge on any atom is 0.416 e. The Morgan fingerprint density at radius 3 is 2.40 bits per heavy atom. The van der Waals surface area contributed by atoms with E-state index in [0.717, 1.165) is 25.7 Å². The monoisotopic (exact) mass is 232 g/mol. The molecule has 0 aliphatic heterocycles. The predicted molar refractivity (Wildman–Crippen MR) is 64.7 cm³/mol. The van der Waals surface area contributed by atoms with E-state index in [4.69, 9.17) is 22.7 Å². The molecule has 0 heterocycles. The quantitative estimate of drug-likeness (QED) is 0.564. The molecule has 0 spiro atoms. The van der Waals surface area contributed by atoms with Gasteiger partial charge in [-0.05, 0) is 25.1 Å². The highest BCUT2D eigenvalue weighted by molar-refractivity contribution is 7.80. The number of carbonyl (C=O) groups excluding carboxylic acids is 1. The van der Waals surface area contributed by atoms with Crippen molar-refractivity contribution >= 4 is 23.4 Å². The van der Waals surface area contributed by atoms with E-state index in [1.807, 2.05) is 13.8 Å². The van der Waals surface area contributed by atoms with E-state index in [0.29, 0.717) is 13.2 Å². The zero-order valence-electron chi connectivity index (χ0n) is 9.49. The number of hydrogen-bond donors (Lipinski definition) is 1. The fourth-order valence-electron chi connectivity index (χ4n) is 0.989. The minimum Gasteiger partial charge on any atom is -0.449 e. The van der Waals surface area contributed by atoms with Gasteiger partial charge >= 0.3 is 6.09 Å². The molecule has 0 radical (unpaired) electrons. The van der Waals surface area contributed by atoms with Crippen LogP contribution in [0.3, 0.4) is 0 Å². The van der Waals surface area contributed by atoms with Crippen molar-refractivity contribution in [3.8, 4) is 0 Å². The topological polar surface area (TPSA) is 55.6 Å². The van der Waals surface area contributed by atoms with Crippen LogP contribution in [-0.4, -0.2) is 29.3 Å². The fraction of sp³-hybridized carbons (Fsp3) is 0.800. The Morgan fingerprint density at radius 1 is 1.33 bits per heavy atom. The lowest BCUT2D eigenvalue weighted by atomic mass is 10.3. The van der Waals surface area contributed by atoms with Crippen LogP contribution in [-0.2, 0) is 4.74 Å². The lowest BCUT2D eigenvalue weighted by molar-refractivity contribution is 0.121. The minimum absolute atomic E-state index is 0.0879. The molecule has 0 fully saturated rings. The van der Waals surface area contributed by atoms with Crippen molar-refractivity contribution in [2.75, 3.05) is 13.2 Å². The number of amides is 1. The summed E-state index contributed by atoms with van der Waals surface area (Å²) in [6.45, 7) is 5.05. The summed E-state index contributed by atoms with van der Waals surface area (Å²) >= 11 is 4.79. The number of hydrogen-bond acceptors (Lipinski definition) is 3. The molecular weight excluding hydrogens is 212 g/mol. The van der Waals surface area contributed by atoms with Gasteiger partial charge in [-0.3, -0.25) is 4.90 Å². The highest BCUT2D eigenvalue weighted by Crippen LogP contribution is 2.00. The van der Waals surface area contributed by atoms with Crippen molar-refractivity contribution in [2.24, 2.45) is 5.73 Å². The zero-order valence-corrected chi connectivity index (χ0v) is 10.3. The van der Waals surface area contributed by atoms with Crippen LogP contribution in [0.15, 0.2) is 0 Å². The summed E-state index contributed by atoms with van der Waals surface area (Å²) in [4.78, 5) is 12.8. The van der Waals surface area contributed by atoms with E-state index in [-0.39, 0.29) is 5.11 Å². The fourth-order valence-corrected chi connectivity index (χ4v) is 1.16. The highest BCUT2D eigenvalue weighted by atomic mass is 32.1. The minimum atomic E-state index is -0.426. The summed E-state index contributed by atoms with van der Waals surface area (Å²) in [5.74, 6) is 0. The van der Waals surface area contributed by atoms with Crippen LogP contribution in [0.25, 0.3) is 0 Å². The van der Waals surface area contributed by atoms with Crippen LogP contribution in [0.1, 0.15) is 39.5 Å². The van der Waals surface area contributed by atoms with Gasteiger partial charge in [0.15, 0.2) is 5.11 Å². The number of rotatable bonds is 6. The molecule has 2 N–H and O–H groups in total. The number of nitrogens with zero attached hydrogens (tertiary/aromatic N) is 1. The lowest BCUT2D eigenvalue weighted by Gasteiger charge is -2.19. The van der Waals surface area contributed by atoms with E-state index in [9.17, 15) is 4.79 Å². The molecule has 0 aliphatic carbocycles. The van der Waals surface area contributed by atoms with Crippen molar-refractivity contribution in [1.29, 1.82) is 0 Å². The maximum absolute atomic E-state index is 11.5. The zero-order chi connectivity index (χ0) is 11.7. The van der Waals surface area contributed by atoms with E-state index >= 15 is 0 Å². The number of nitrogens with two attached hydrogens (primary N) is 1. The molecule has 0 unspecified atom stereocenters. The normalized spacial score (nSPS) is 9.73. The van der Waals surface area contributed by atoms with Crippen LogP contribution in [0.2, 0.25) is 0 Å². The Bertz CT molecular complexity index is 210. The van der Waals surface area contributed by atoms with Crippen molar-refractivity contribution in [3.63, 3.8) is 0 Å². The molecule has 5 heteroatoms. The molecular formula is C10H20N2O2S. The van der Waals surface area contributed by atoms with Crippen molar-refractivity contribution < 1.29 is 9.53 Å². The first-order chi connectivity index (χ1) is 7.13. The third-order valence-corrected chi connectivity index (χ3v) is 2.17. The Morgan fingerprint density at radius 2 is 1.93 bits per heavy atom. The largest absolute Gasteiger partial charge is 0.449 e. The summed E-state index contributed by atoms with van der Waals surface area (Å²) in [5, 5.41) is 0.0879. The standard InChI is InChI=1S/C10H20N2O2S/c1-3-5-7-12(9(11)15)10(13)14-8-6-4-2/h3-8H2,1-2H3,(H2,11,15). The summed E-state index contributed by atoms with van der Waals surface area (Å²) in [6.07, 6.45) is 3.30. The van der Waals surface area contributed by atoms with Crippen molar-refractivity contribution in [2.45, 2.75) is 39.5 Å². The van der Waals surface area contributed by atoms with Crippen LogP contribution in [0.4, 0.5) is 4.79 Å². The van der Waals surface area contributed by atoms with Crippen LogP contribution < -0.4 is 5.73 Å².